The topological polar surface area (TPSA) is 0 Å². The first kappa shape index (κ1) is 88.5. The molecule has 21 fully saturated rings. The Balaban J connectivity index is 0.000000476. The second kappa shape index (κ2) is 85.6. The fourth-order valence-corrected chi connectivity index (χ4v) is 5.33. The summed E-state index contributed by atoms with van der Waals surface area (Å²) in [6, 6.07) is 0. The molecule has 0 nitrogen and oxygen atoms in total. The van der Waals surface area contributed by atoms with E-state index in [1.165, 1.54) is 559 Å². The van der Waals surface area contributed by atoms with Crippen molar-refractivity contribution >= 4 is 0 Å². The van der Waals surface area contributed by atoms with Crippen LogP contribution in [0.2, 0.25) is 0 Å². The minimum atomic E-state index is 1.32. The van der Waals surface area contributed by atoms with Crippen LogP contribution in [-0.4, -0.2) is 0 Å². The number of hydrogen-bond acceptors (Lipinski definition) is 0. The summed E-state index contributed by atoms with van der Waals surface area (Å²) >= 11 is 0. The van der Waals surface area contributed by atoms with E-state index in [-0.39, 0.29) is 0 Å². The Labute approximate surface area is 579 Å². The molecule has 0 saturated heterocycles. The van der Waals surface area contributed by atoms with Crippen molar-refractivity contribution < 1.29 is 0 Å². The molecule has 0 unspecified atom stereocenters. The van der Waals surface area contributed by atoms with Gasteiger partial charge in [-0.05, 0) is 25.7 Å². The molecular formula is C91H178. The van der Waals surface area contributed by atoms with Crippen molar-refractivity contribution in [2.24, 2.45) is 0 Å². The highest BCUT2D eigenvalue weighted by Crippen LogP contribution is 2.23. The highest BCUT2D eigenvalue weighted by molar-refractivity contribution is 4.93. The van der Waals surface area contributed by atoms with E-state index in [0.717, 1.165) is 0 Å². The molecule has 21 saturated carbocycles. The summed E-state index contributed by atoms with van der Waals surface area (Å²) in [7, 11) is 0. The van der Waals surface area contributed by atoms with Crippen molar-refractivity contribution in [1.82, 2.24) is 0 Å². The van der Waals surface area contributed by atoms with E-state index in [4.69, 9.17) is 0 Å². The van der Waals surface area contributed by atoms with Crippen LogP contribution in [0.1, 0.15) is 559 Å². The summed E-state index contributed by atoms with van der Waals surface area (Å²) in [6.45, 7) is 0. The van der Waals surface area contributed by atoms with E-state index in [9.17, 15) is 0 Å². The van der Waals surface area contributed by atoms with Gasteiger partial charge in [-0.3, -0.25) is 0 Å². The Morgan fingerprint density at radius 1 is 0.0549 bits per heavy atom. The molecular weight excluding hydrogens is 1090 g/mol. The predicted molar refractivity (Wildman–Crippen MR) is 420 cm³/mol. The first-order chi connectivity index (χ1) is 45.5. The molecule has 0 atom stereocenters. The van der Waals surface area contributed by atoms with Crippen LogP contribution >= 0.6 is 0 Å². The van der Waals surface area contributed by atoms with Crippen molar-refractivity contribution in [2.75, 3.05) is 0 Å². The van der Waals surface area contributed by atoms with E-state index in [0.29, 0.717) is 0 Å². The Kier molecular flexibility index (Phi) is 83.2. The van der Waals surface area contributed by atoms with E-state index in [2.05, 4.69) is 24.3 Å². The average Bonchev–Trinajstić information content (AvgIpc) is 3.88. The van der Waals surface area contributed by atoms with Gasteiger partial charge in [-0.25, -0.2) is 0 Å². The van der Waals surface area contributed by atoms with E-state index < -0.39 is 0 Å². The molecule has 0 N–H and O–H groups in total. The van der Waals surface area contributed by atoms with Gasteiger partial charge in [-0.15, -0.1) is 0 Å². The van der Waals surface area contributed by atoms with Gasteiger partial charge in [0.05, 0.1) is 0 Å². The maximum absolute atomic E-state index is 2.18. The Bertz CT molecular complexity index is 736. The molecule has 0 amide bonds. The molecule has 0 heterocycles. The lowest BCUT2D eigenvalue weighted by Crippen LogP contribution is -1.85. The van der Waals surface area contributed by atoms with Crippen molar-refractivity contribution in [3.63, 3.8) is 0 Å². The molecule has 0 aromatic carbocycles. The zero-order valence-electron chi connectivity index (χ0n) is 63.8. The van der Waals surface area contributed by atoms with Crippen LogP contribution in [0, 0.1) is 0 Å². The third-order valence-corrected chi connectivity index (χ3v) is 21.7. The molecule has 0 aromatic rings. The second-order valence-electron chi connectivity index (χ2n) is 31.4. The largest absolute Gasteiger partial charge is 0.0882 e. The second-order valence-corrected chi connectivity index (χ2v) is 31.4. The van der Waals surface area contributed by atoms with Crippen LogP contribution < -0.4 is 0 Å². The molecule has 0 spiro atoms. The minimum absolute atomic E-state index is 1.32. The summed E-state index contributed by atoms with van der Waals surface area (Å²) in [6.07, 6.45) is 138. The van der Waals surface area contributed by atoms with Gasteiger partial charge in [0.2, 0.25) is 0 Å². The van der Waals surface area contributed by atoms with Gasteiger partial charge >= 0.3 is 0 Å². The lowest BCUT2D eigenvalue weighted by Gasteiger charge is -2.05. The molecule has 0 heteroatoms. The third-order valence-electron chi connectivity index (χ3n) is 21.7. The van der Waals surface area contributed by atoms with Gasteiger partial charge < -0.3 is 0 Å². The molecule has 0 radical (unpaired) electrons. The lowest BCUT2D eigenvalue weighted by molar-refractivity contribution is 0.504. The first-order valence-corrected chi connectivity index (χ1v) is 44.8. The molecule has 23 aliphatic rings. The number of hydrogen-bond donors (Lipinski definition) is 0. The quantitative estimate of drug-likeness (QED) is 0.212. The summed E-state index contributed by atoms with van der Waals surface area (Å²) in [5.74, 6) is 0. The zero-order chi connectivity index (χ0) is 64.3. The fraction of sp³-hybridized carbons (Fsp3) is 0.956. The van der Waals surface area contributed by atoms with Gasteiger partial charge in [0.1, 0.15) is 0 Å². The predicted octanol–water partition coefficient (Wildman–Crippen LogP) is 35.1. The van der Waals surface area contributed by atoms with Crippen LogP contribution in [-0.2, 0) is 0 Å². The van der Waals surface area contributed by atoms with E-state index in [1.807, 2.05) is 0 Å². The van der Waals surface area contributed by atoms with Crippen molar-refractivity contribution in [2.45, 2.75) is 559 Å². The number of allylic oxidation sites excluding steroid dienone is 4. The molecule has 0 aromatic heterocycles. The molecule has 23 aliphatic carbocycles. The van der Waals surface area contributed by atoms with Crippen LogP contribution in [0.5, 0.6) is 0 Å². The zero-order valence-corrected chi connectivity index (χ0v) is 63.8. The highest BCUT2D eigenvalue weighted by atomic mass is 14.1. The van der Waals surface area contributed by atoms with E-state index >= 15 is 0 Å². The van der Waals surface area contributed by atoms with E-state index in [1.54, 1.807) is 0 Å². The average molecular weight is 1270 g/mol. The minimum Gasteiger partial charge on any atom is -0.0882 e. The van der Waals surface area contributed by atoms with Crippen molar-refractivity contribution in [3.8, 4) is 0 Å². The molecule has 0 aliphatic heterocycles. The van der Waals surface area contributed by atoms with Gasteiger partial charge in [0.15, 0.2) is 0 Å². The van der Waals surface area contributed by atoms with Gasteiger partial charge in [-0.1, -0.05) is 557 Å². The van der Waals surface area contributed by atoms with Gasteiger partial charge in [0, 0.05) is 0 Å². The standard InChI is InChI=1S/20C4H8.2C4H6.C3H6/c22*1-2-4-3-1;1-2-3-1/h20*1-4H2;2*1-2H,3-4H2;1-3H2. The smallest absolute Gasteiger partial charge is 0.0316 e. The summed E-state index contributed by atoms with van der Waals surface area (Å²) in [4.78, 5) is 0. The maximum atomic E-state index is 2.18. The van der Waals surface area contributed by atoms with Crippen LogP contribution in [0.25, 0.3) is 0 Å². The molecule has 91 heavy (non-hydrogen) atoms. The Hall–Kier alpha value is -0.520. The van der Waals surface area contributed by atoms with Crippen molar-refractivity contribution in [1.29, 1.82) is 0 Å². The molecule has 542 valence electrons. The van der Waals surface area contributed by atoms with Crippen LogP contribution in [0.15, 0.2) is 24.3 Å². The van der Waals surface area contributed by atoms with Crippen LogP contribution in [0.3, 0.4) is 0 Å². The molecule has 23 rings (SSSR count). The maximum Gasteiger partial charge on any atom is -0.0316 e. The Morgan fingerprint density at radius 2 is 0.0769 bits per heavy atom. The third kappa shape index (κ3) is 87.5. The normalized spacial score (nSPS) is 23.6. The monoisotopic (exact) mass is 1270 g/mol. The highest BCUT2D eigenvalue weighted by Gasteiger charge is 2.03. The fourth-order valence-electron chi connectivity index (χ4n) is 5.33. The van der Waals surface area contributed by atoms with Gasteiger partial charge in [0.25, 0.3) is 0 Å². The summed E-state index contributed by atoms with van der Waals surface area (Å²) in [5, 5.41) is 0. The SMILES string of the molecule is C1=CCC1.C1=CCC1.C1CC1.C1CCC1.C1CCC1.C1CCC1.C1CCC1.C1CCC1.C1CCC1.C1CCC1.C1CCC1.C1CCC1.C1CCC1.C1CCC1.C1CCC1.C1CCC1.C1CCC1.C1CCC1.C1CCC1.C1CCC1.C1CCC1.C1CCC1.C1CCC1. The van der Waals surface area contributed by atoms with Crippen molar-refractivity contribution in [3.05, 3.63) is 24.3 Å². The summed E-state index contributed by atoms with van der Waals surface area (Å²) < 4.78 is 0. The lowest BCUT2D eigenvalue weighted by atomic mass is 10.0. The first-order valence-electron chi connectivity index (χ1n) is 44.8. The van der Waals surface area contributed by atoms with Gasteiger partial charge in [-0.2, -0.15) is 0 Å². The summed E-state index contributed by atoms with van der Waals surface area (Å²) in [5.41, 5.74) is 0. The van der Waals surface area contributed by atoms with Crippen LogP contribution in [0.4, 0.5) is 0 Å². The molecule has 0 bridgehead atoms. The number of rotatable bonds is 0. The Morgan fingerprint density at radius 3 is 0.0769 bits per heavy atom.